The lowest BCUT2D eigenvalue weighted by Gasteiger charge is -2.20. The SMILES string of the molecule is CC(=O)Nc1ccc(NC(=O)C[C@H]2SCCNC2=O)cc1. The van der Waals surface area contributed by atoms with Gasteiger partial charge in [0.15, 0.2) is 0 Å². The van der Waals surface area contributed by atoms with Crippen molar-refractivity contribution < 1.29 is 14.4 Å². The molecule has 0 unspecified atom stereocenters. The highest BCUT2D eigenvalue weighted by Crippen LogP contribution is 2.19. The fourth-order valence-electron chi connectivity index (χ4n) is 1.94. The van der Waals surface area contributed by atoms with Crippen molar-refractivity contribution >= 4 is 40.9 Å². The molecule has 1 fully saturated rings. The molecule has 1 aromatic carbocycles. The van der Waals surface area contributed by atoms with E-state index in [9.17, 15) is 14.4 Å². The number of anilines is 2. The lowest BCUT2D eigenvalue weighted by atomic mass is 10.2. The Morgan fingerprint density at radius 2 is 1.86 bits per heavy atom. The zero-order valence-electron chi connectivity index (χ0n) is 11.6. The molecule has 21 heavy (non-hydrogen) atoms. The van der Waals surface area contributed by atoms with Crippen LogP contribution in [0, 0.1) is 0 Å². The minimum absolute atomic E-state index is 0.0811. The molecular weight excluding hydrogens is 290 g/mol. The van der Waals surface area contributed by atoms with Crippen LogP contribution in [0.25, 0.3) is 0 Å². The molecule has 112 valence electrons. The number of rotatable bonds is 4. The van der Waals surface area contributed by atoms with Crippen molar-refractivity contribution in [3.8, 4) is 0 Å². The summed E-state index contributed by atoms with van der Waals surface area (Å²) in [6.45, 7) is 2.09. The molecule has 1 saturated heterocycles. The minimum Gasteiger partial charge on any atom is -0.354 e. The molecule has 7 heteroatoms. The maximum absolute atomic E-state index is 11.9. The number of carbonyl (C=O) groups excluding carboxylic acids is 3. The first kappa shape index (κ1) is 15.4. The number of benzene rings is 1. The predicted octanol–water partition coefficient (Wildman–Crippen LogP) is 1.21. The molecule has 1 aliphatic heterocycles. The van der Waals surface area contributed by atoms with Crippen molar-refractivity contribution in [2.24, 2.45) is 0 Å². The molecule has 1 atom stereocenters. The number of thioether (sulfide) groups is 1. The summed E-state index contributed by atoms with van der Waals surface area (Å²) < 4.78 is 0. The average molecular weight is 307 g/mol. The van der Waals surface area contributed by atoms with Gasteiger partial charge in [-0.3, -0.25) is 14.4 Å². The number of carbonyl (C=O) groups is 3. The molecule has 6 nitrogen and oxygen atoms in total. The van der Waals surface area contributed by atoms with Crippen LogP contribution in [0.3, 0.4) is 0 Å². The number of amides is 3. The summed E-state index contributed by atoms with van der Waals surface area (Å²) in [6.07, 6.45) is 0.157. The van der Waals surface area contributed by atoms with E-state index in [1.807, 2.05) is 0 Å². The summed E-state index contributed by atoms with van der Waals surface area (Å²) >= 11 is 1.50. The van der Waals surface area contributed by atoms with Gasteiger partial charge in [0.05, 0.1) is 5.25 Å². The Kier molecular flexibility index (Phi) is 5.21. The molecule has 1 aromatic rings. The number of hydrogen-bond acceptors (Lipinski definition) is 4. The lowest BCUT2D eigenvalue weighted by Crippen LogP contribution is -2.40. The van der Waals surface area contributed by atoms with Gasteiger partial charge in [-0.2, -0.15) is 0 Å². The molecule has 0 spiro atoms. The Balaban J connectivity index is 1.87. The van der Waals surface area contributed by atoms with E-state index in [-0.39, 0.29) is 29.4 Å². The summed E-state index contributed by atoms with van der Waals surface area (Å²) in [6, 6.07) is 6.83. The molecule has 0 radical (unpaired) electrons. The van der Waals surface area contributed by atoms with E-state index in [0.717, 1.165) is 5.75 Å². The first-order valence-electron chi connectivity index (χ1n) is 6.61. The van der Waals surface area contributed by atoms with Gasteiger partial charge in [-0.25, -0.2) is 0 Å². The van der Waals surface area contributed by atoms with E-state index in [1.165, 1.54) is 18.7 Å². The Bertz CT molecular complexity index is 545. The molecular formula is C14H17N3O3S. The smallest absolute Gasteiger partial charge is 0.233 e. The first-order chi connectivity index (χ1) is 10.0. The van der Waals surface area contributed by atoms with Crippen molar-refractivity contribution in [3.63, 3.8) is 0 Å². The van der Waals surface area contributed by atoms with Crippen molar-refractivity contribution in [1.29, 1.82) is 0 Å². The van der Waals surface area contributed by atoms with Crippen molar-refractivity contribution in [2.45, 2.75) is 18.6 Å². The average Bonchev–Trinajstić information content (AvgIpc) is 2.43. The van der Waals surface area contributed by atoms with Crippen LogP contribution in [0.1, 0.15) is 13.3 Å². The highest BCUT2D eigenvalue weighted by molar-refractivity contribution is 8.00. The summed E-state index contributed by atoms with van der Waals surface area (Å²) in [5, 5.41) is 7.82. The Morgan fingerprint density at radius 3 is 2.43 bits per heavy atom. The van der Waals surface area contributed by atoms with Gasteiger partial charge < -0.3 is 16.0 Å². The van der Waals surface area contributed by atoms with Gasteiger partial charge in [0, 0.05) is 37.0 Å². The molecule has 1 aliphatic rings. The molecule has 1 heterocycles. The standard InChI is InChI=1S/C14H17N3O3S/c1-9(18)16-10-2-4-11(5-3-10)17-13(19)8-12-14(20)15-6-7-21-12/h2-5,12H,6-8H2,1H3,(H,15,20)(H,16,18)(H,17,19)/t12-/m1/s1. The van der Waals surface area contributed by atoms with Crippen molar-refractivity contribution in [1.82, 2.24) is 5.32 Å². The van der Waals surface area contributed by atoms with Crippen LogP contribution >= 0.6 is 11.8 Å². The zero-order valence-corrected chi connectivity index (χ0v) is 12.5. The normalized spacial score (nSPS) is 17.8. The van der Waals surface area contributed by atoms with Gasteiger partial charge in [-0.05, 0) is 24.3 Å². The molecule has 0 aliphatic carbocycles. The highest BCUT2D eigenvalue weighted by Gasteiger charge is 2.25. The van der Waals surface area contributed by atoms with Gasteiger partial charge in [0.25, 0.3) is 0 Å². The zero-order chi connectivity index (χ0) is 15.2. The van der Waals surface area contributed by atoms with E-state index in [1.54, 1.807) is 24.3 Å². The first-order valence-corrected chi connectivity index (χ1v) is 7.66. The van der Waals surface area contributed by atoms with Gasteiger partial charge in [0.1, 0.15) is 0 Å². The van der Waals surface area contributed by atoms with E-state index in [0.29, 0.717) is 17.9 Å². The van der Waals surface area contributed by atoms with Crippen LogP contribution in [-0.2, 0) is 14.4 Å². The fraction of sp³-hybridized carbons (Fsp3) is 0.357. The van der Waals surface area contributed by atoms with E-state index in [4.69, 9.17) is 0 Å². The van der Waals surface area contributed by atoms with Crippen molar-refractivity contribution in [3.05, 3.63) is 24.3 Å². The maximum Gasteiger partial charge on any atom is 0.233 e. The summed E-state index contributed by atoms with van der Waals surface area (Å²) in [5.74, 6) is 0.404. The van der Waals surface area contributed by atoms with Crippen LogP contribution < -0.4 is 16.0 Å². The maximum atomic E-state index is 11.9. The topological polar surface area (TPSA) is 87.3 Å². The molecule has 2 rings (SSSR count). The van der Waals surface area contributed by atoms with Crippen LogP contribution in [0.2, 0.25) is 0 Å². The van der Waals surface area contributed by atoms with Crippen LogP contribution in [0.15, 0.2) is 24.3 Å². The van der Waals surface area contributed by atoms with E-state index in [2.05, 4.69) is 16.0 Å². The quantitative estimate of drug-likeness (QED) is 0.780. The molecule has 0 saturated carbocycles. The minimum atomic E-state index is -0.322. The van der Waals surface area contributed by atoms with Gasteiger partial charge in [-0.15, -0.1) is 11.8 Å². The number of nitrogens with one attached hydrogen (secondary N) is 3. The monoisotopic (exact) mass is 307 g/mol. The summed E-state index contributed by atoms with van der Waals surface area (Å²) in [7, 11) is 0. The highest BCUT2D eigenvalue weighted by atomic mass is 32.2. The summed E-state index contributed by atoms with van der Waals surface area (Å²) in [5.41, 5.74) is 1.30. The molecule has 3 amide bonds. The van der Waals surface area contributed by atoms with Gasteiger partial charge in [0.2, 0.25) is 17.7 Å². The third kappa shape index (κ3) is 4.78. The molecule has 3 N–H and O–H groups in total. The second kappa shape index (κ2) is 7.12. The third-order valence-electron chi connectivity index (χ3n) is 2.87. The largest absolute Gasteiger partial charge is 0.354 e. The summed E-state index contributed by atoms with van der Waals surface area (Å²) in [4.78, 5) is 34.4. The molecule has 0 aromatic heterocycles. The predicted molar refractivity (Wildman–Crippen MR) is 83.2 cm³/mol. The van der Waals surface area contributed by atoms with E-state index < -0.39 is 0 Å². The van der Waals surface area contributed by atoms with Crippen LogP contribution in [-0.4, -0.2) is 35.3 Å². The lowest BCUT2D eigenvalue weighted by molar-refractivity contribution is -0.123. The van der Waals surface area contributed by atoms with Crippen LogP contribution in [0.5, 0.6) is 0 Å². The number of hydrogen-bond donors (Lipinski definition) is 3. The molecule has 0 bridgehead atoms. The second-order valence-electron chi connectivity index (χ2n) is 4.66. The van der Waals surface area contributed by atoms with Gasteiger partial charge >= 0.3 is 0 Å². The third-order valence-corrected chi connectivity index (χ3v) is 4.10. The Hall–Kier alpha value is -2.02. The second-order valence-corrected chi connectivity index (χ2v) is 5.97. The van der Waals surface area contributed by atoms with Gasteiger partial charge in [-0.1, -0.05) is 0 Å². The van der Waals surface area contributed by atoms with Crippen molar-refractivity contribution in [2.75, 3.05) is 22.9 Å². The Morgan fingerprint density at radius 1 is 1.24 bits per heavy atom. The van der Waals surface area contributed by atoms with E-state index >= 15 is 0 Å². The fourth-order valence-corrected chi connectivity index (χ4v) is 2.95. The Labute approximate surface area is 127 Å². The van der Waals surface area contributed by atoms with Crippen LogP contribution in [0.4, 0.5) is 11.4 Å².